The zero-order valence-corrected chi connectivity index (χ0v) is 21.5. The lowest BCUT2D eigenvalue weighted by Gasteiger charge is -2.23. The number of imide groups is 1. The summed E-state index contributed by atoms with van der Waals surface area (Å²) in [5.74, 6) is 0.0577. The van der Waals surface area contributed by atoms with Crippen molar-refractivity contribution in [3.63, 3.8) is 0 Å². The second-order valence-electron chi connectivity index (χ2n) is 9.72. The summed E-state index contributed by atoms with van der Waals surface area (Å²) in [5.41, 5.74) is 5.62. The number of rotatable bonds is 5. The zero-order valence-electron chi connectivity index (χ0n) is 20.8. The van der Waals surface area contributed by atoms with Gasteiger partial charge in [0.2, 0.25) is 11.8 Å². The molecule has 4 atom stereocenters. The Bertz CT molecular complexity index is 1390. The summed E-state index contributed by atoms with van der Waals surface area (Å²) < 4.78 is 10.8. The first-order chi connectivity index (χ1) is 17.9. The summed E-state index contributed by atoms with van der Waals surface area (Å²) >= 11 is 6.24. The Balaban J connectivity index is 1.48. The van der Waals surface area contributed by atoms with Gasteiger partial charge in [-0.2, -0.15) is 0 Å². The van der Waals surface area contributed by atoms with E-state index in [4.69, 9.17) is 21.1 Å². The number of carbonyl (C=O) groups excluding carboxylic acids is 2. The van der Waals surface area contributed by atoms with Crippen molar-refractivity contribution in [1.29, 1.82) is 0 Å². The van der Waals surface area contributed by atoms with E-state index in [1.807, 2.05) is 61.5 Å². The minimum absolute atomic E-state index is 0.154. The Hall–Kier alpha value is -3.83. The first kappa shape index (κ1) is 23.6. The average molecular weight is 512 g/mol. The number of amides is 2. The number of halogens is 1. The van der Waals surface area contributed by atoms with Gasteiger partial charge in [0.15, 0.2) is 0 Å². The molecule has 3 aliphatic rings. The molecular formula is C31H26ClNO4. The van der Waals surface area contributed by atoms with Crippen molar-refractivity contribution in [2.75, 3.05) is 19.1 Å². The van der Waals surface area contributed by atoms with Crippen LogP contribution in [0.1, 0.15) is 16.7 Å². The molecule has 3 aromatic rings. The minimum atomic E-state index is -0.428. The molecule has 2 bridgehead atoms. The average Bonchev–Trinajstić information content (AvgIpc) is 3.55. The van der Waals surface area contributed by atoms with E-state index in [2.05, 4.69) is 12.2 Å². The molecule has 6 rings (SSSR count). The summed E-state index contributed by atoms with van der Waals surface area (Å²) in [7, 11) is 3.29. The summed E-state index contributed by atoms with van der Waals surface area (Å²) in [6, 6.07) is 21.2. The van der Waals surface area contributed by atoms with Gasteiger partial charge in [-0.3, -0.25) is 9.59 Å². The van der Waals surface area contributed by atoms with Gasteiger partial charge in [0.05, 0.1) is 31.7 Å². The van der Waals surface area contributed by atoms with Gasteiger partial charge in [-0.05, 0) is 71.2 Å². The predicted molar refractivity (Wildman–Crippen MR) is 144 cm³/mol. The van der Waals surface area contributed by atoms with E-state index in [0.29, 0.717) is 10.7 Å². The van der Waals surface area contributed by atoms with Crippen LogP contribution in [0.5, 0.6) is 11.5 Å². The Kier molecular flexibility index (Phi) is 5.68. The van der Waals surface area contributed by atoms with Crippen LogP contribution >= 0.6 is 11.6 Å². The maximum atomic E-state index is 13.8. The van der Waals surface area contributed by atoms with Crippen LogP contribution in [0.2, 0.25) is 5.02 Å². The second kappa shape index (κ2) is 8.93. The number of fused-ring (bicyclic) bond motifs is 5. The van der Waals surface area contributed by atoms with E-state index in [1.54, 1.807) is 26.4 Å². The molecule has 1 heterocycles. The fourth-order valence-electron chi connectivity index (χ4n) is 6.17. The smallest absolute Gasteiger partial charge is 0.238 e. The first-order valence-corrected chi connectivity index (χ1v) is 12.7. The Morgan fingerprint density at radius 2 is 1.24 bits per heavy atom. The lowest BCUT2D eigenvalue weighted by Crippen LogP contribution is -2.33. The largest absolute Gasteiger partial charge is 0.497 e. The number of allylic oxidation sites excluding steroid dienone is 3. The molecule has 0 spiro atoms. The number of ether oxygens (including phenoxy) is 2. The molecule has 0 radical (unpaired) electrons. The molecule has 2 aliphatic carbocycles. The Labute approximate surface area is 221 Å². The quantitative estimate of drug-likeness (QED) is 0.307. The van der Waals surface area contributed by atoms with Gasteiger partial charge < -0.3 is 9.47 Å². The van der Waals surface area contributed by atoms with E-state index in [0.717, 1.165) is 39.3 Å². The van der Waals surface area contributed by atoms with Crippen molar-refractivity contribution in [3.8, 4) is 11.5 Å². The summed E-state index contributed by atoms with van der Waals surface area (Å²) in [5, 5.41) is 0.501. The molecule has 3 aromatic carbocycles. The van der Waals surface area contributed by atoms with E-state index in [9.17, 15) is 9.59 Å². The van der Waals surface area contributed by atoms with E-state index < -0.39 is 11.8 Å². The maximum absolute atomic E-state index is 13.8. The monoisotopic (exact) mass is 511 g/mol. The summed E-state index contributed by atoms with van der Waals surface area (Å²) in [4.78, 5) is 29.0. The van der Waals surface area contributed by atoms with E-state index >= 15 is 0 Å². The number of aryl methyl sites for hydroxylation is 1. The van der Waals surface area contributed by atoms with E-state index in [-0.39, 0.29) is 23.7 Å². The van der Waals surface area contributed by atoms with Gasteiger partial charge in [0.1, 0.15) is 11.5 Å². The van der Waals surface area contributed by atoms with Gasteiger partial charge in [0, 0.05) is 16.9 Å². The number of hydrogen-bond donors (Lipinski definition) is 0. The highest BCUT2D eigenvalue weighted by Gasteiger charge is 2.62. The third kappa shape index (κ3) is 3.60. The molecule has 5 nitrogen and oxygen atoms in total. The number of anilines is 1. The molecule has 2 fully saturated rings. The molecule has 6 heteroatoms. The number of carbonyl (C=O) groups is 2. The summed E-state index contributed by atoms with van der Waals surface area (Å²) in [6.45, 7) is 1.89. The Morgan fingerprint density at radius 1 is 0.757 bits per heavy atom. The van der Waals surface area contributed by atoms with Crippen LogP contribution in [0.15, 0.2) is 84.5 Å². The lowest BCUT2D eigenvalue weighted by atomic mass is 9.85. The van der Waals surface area contributed by atoms with Gasteiger partial charge in [0.25, 0.3) is 0 Å². The third-order valence-electron chi connectivity index (χ3n) is 7.87. The van der Waals surface area contributed by atoms with Gasteiger partial charge >= 0.3 is 0 Å². The Morgan fingerprint density at radius 3 is 1.70 bits per heavy atom. The van der Waals surface area contributed by atoms with Crippen LogP contribution in [0.3, 0.4) is 0 Å². The number of methoxy groups -OCH3 is 2. The molecule has 186 valence electrons. The first-order valence-electron chi connectivity index (χ1n) is 12.3. The highest BCUT2D eigenvalue weighted by Crippen LogP contribution is 2.59. The molecular weight excluding hydrogens is 486 g/mol. The topological polar surface area (TPSA) is 55.8 Å². The molecule has 1 aliphatic heterocycles. The van der Waals surface area contributed by atoms with E-state index in [1.165, 1.54) is 4.90 Å². The predicted octanol–water partition coefficient (Wildman–Crippen LogP) is 6.09. The zero-order chi connectivity index (χ0) is 25.8. The van der Waals surface area contributed by atoms with Gasteiger partial charge in [-0.25, -0.2) is 4.90 Å². The molecule has 37 heavy (non-hydrogen) atoms. The van der Waals surface area contributed by atoms with Crippen molar-refractivity contribution in [3.05, 3.63) is 106 Å². The normalized spacial score (nSPS) is 23.6. The van der Waals surface area contributed by atoms with Crippen LogP contribution < -0.4 is 14.4 Å². The minimum Gasteiger partial charge on any atom is -0.497 e. The van der Waals surface area contributed by atoms with Crippen molar-refractivity contribution in [2.24, 2.45) is 23.7 Å². The highest BCUT2D eigenvalue weighted by molar-refractivity contribution is 6.31. The van der Waals surface area contributed by atoms with Crippen molar-refractivity contribution >= 4 is 34.7 Å². The van der Waals surface area contributed by atoms with Crippen LogP contribution in [-0.4, -0.2) is 26.0 Å². The maximum Gasteiger partial charge on any atom is 0.238 e. The molecule has 0 N–H and O–H groups in total. The number of hydrogen-bond acceptors (Lipinski definition) is 4. The molecule has 1 saturated carbocycles. The van der Waals surface area contributed by atoms with Crippen molar-refractivity contribution in [2.45, 2.75) is 6.92 Å². The SMILES string of the molecule is COc1ccc(C(=C2[C@H]3C=C[C@H]2[C@@H]2C(=O)N(c4cc(Cl)ccc4C)C(=O)[C@H]23)c2ccc(OC)cc2)cc1. The highest BCUT2D eigenvalue weighted by atomic mass is 35.5. The molecule has 2 amide bonds. The summed E-state index contributed by atoms with van der Waals surface area (Å²) in [6.07, 6.45) is 4.21. The van der Waals surface area contributed by atoms with Crippen molar-refractivity contribution in [1.82, 2.24) is 0 Å². The van der Waals surface area contributed by atoms with Crippen LogP contribution in [0.4, 0.5) is 5.69 Å². The number of nitrogens with zero attached hydrogens (tertiary/aromatic N) is 1. The molecule has 0 unspecified atom stereocenters. The van der Waals surface area contributed by atoms with Crippen LogP contribution in [0, 0.1) is 30.6 Å². The van der Waals surface area contributed by atoms with Crippen molar-refractivity contribution < 1.29 is 19.1 Å². The molecule has 0 aromatic heterocycles. The molecule has 1 saturated heterocycles. The van der Waals surface area contributed by atoms with Gasteiger partial charge in [-0.1, -0.05) is 54.1 Å². The standard InChI is InChI=1S/C31H26ClNO4/c1-17-4-9-20(32)16-25(17)33-30(34)28-23-14-15-24(29(28)31(33)35)27(23)26(18-5-10-21(36-2)11-6-18)19-7-12-22(37-3)13-8-19/h4-16,23-24,28-29H,1-3H3/t23-,24-,28+,29+/m1/s1. The lowest BCUT2D eigenvalue weighted by molar-refractivity contribution is -0.122. The number of benzene rings is 3. The fourth-order valence-corrected chi connectivity index (χ4v) is 6.34. The second-order valence-corrected chi connectivity index (χ2v) is 10.2. The van der Waals surface area contributed by atoms with Gasteiger partial charge in [-0.15, -0.1) is 0 Å². The fraction of sp³-hybridized carbons (Fsp3) is 0.226. The van der Waals surface area contributed by atoms with Crippen LogP contribution in [-0.2, 0) is 9.59 Å². The van der Waals surface area contributed by atoms with Crippen LogP contribution in [0.25, 0.3) is 5.57 Å². The third-order valence-corrected chi connectivity index (χ3v) is 8.11.